The van der Waals surface area contributed by atoms with E-state index < -0.39 is 11.9 Å². The van der Waals surface area contributed by atoms with Gasteiger partial charge in [-0.1, -0.05) is 26.0 Å². The zero-order valence-electron chi connectivity index (χ0n) is 12.2. The van der Waals surface area contributed by atoms with Gasteiger partial charge in [0.25, 0.3) is 0 Å². The summed E-state index contributed by atoms with van der Waals surface area (Å²) in [6.45, 7) is 5.52. The zero-order chi connectivity index (χ0) is 15.3. The summed E-state index contributed by atoms with van der Waals surface area (Å²) in [6.07, 6.45) is 4.01. The van der Waals surface area contributed by atoms with Gasteiger partial charge in [-0.15, -0.1) is 0 Å². The van der Waals surface area contributed by atoms with E-state index in [9.17, 15) is 9.59 Å². The molecule has 0 heterocycles. The van der Waals surface area contributed by atoms with E-state index in [0.717, 1.165) is 33.8 Å². The lowest BCUT2D eigenvalue weighted by Crippen LogP contribution is -2.05. The van der Waals surface area contributed by atoms with E-state index in [4.69, 9.17) is 5.11 Å². The van der Waals surface area contributed by atoms with Gasteiger partial charge in [0.05, 0.1) is 7.11 Å². The van der Waals surface area contributed by atoms with Gasteiger partial charge in [-0.2, -0.15) is 0 Å². The van der Waals surface area contributed by atoms with Gasteiger partial charge in [0.1, 0.15) is 21.0 Å². The summed E-state index contributed by atoms with van der Waals surface area (Å²) < 4.78 is 9.00. The molecule has 0 aliphatic rings. The maximum absolute atomic E-state index is 11.0. The summed E-state index contributed by atoms with van der Waals surface area (Å²) in [5.41, 5.74) is 0.588. The molecular formula is C12H24O5Si2. The maximum Gasteiger partial charge on any atom is 0.333 e. The van der Waals surface area contributed by atoms with E-state index >= 15 is 0 Å². The van der Waals surface area contributed by atoms with Crippen molar-refractivity contribution in [3.8, 4) is 0 Å². The molecule has 110 valence electrons. The number of carbonyl (C=O) groups is 2. The molecule has 0 amide bonds. The lowest BCUT2D eigenvalue weighted by molar-refractivity contribution is -0.136. The number of ether oxygens (including phenoxy) is 1. The van der Waals surface area contributed by atoms with Crippen LogP contribution in [-0.2, 0) is 18.4 Å². The van der Waals surface area contributed by atoms with Crippen LogP contribution in [0.2, 0.25) is 0 Å². The van der Waals surface area contributed by atoms with Crippen molar-refractivity contribution in [2.45, 2.75) is 32.6 Å². The number of esters is 1. The summed E-state index contributed by atoms with van der Waals surface area (Å²) >= 11 is 0. The first-order chi connectivity index (χ1) is 8.94. The molecule has 0 aromatic rings. The van der Waals surface area contributed by atoms with Crippen molar-refractivity contribution in [2.24, 2.45) is 0 Å². The van der Waals surface area contributed by atoms with E-state index in [1.807, 2.05) is 6.92 Å². The van der Waals surface area contributed by atoms with Gasteiger partial charge in [-0.05, 0) is 19.3 Å². The fourth-order valence-electron chi connectivity index (χ4n) is 1.14. The van der Waals surface area contributed by atoms with Crippen LogP contribution in [0.15, 0.2) is 23.8 Å². The maximum atomic E-state index is 11.0. The van der Waals surface area contributed by atoms with Crippen LogP contribution < -0.4 is 0 Å². The average Bonchev–Trinajstić information content (AvgIpc) is 2.38. The number of methoxy groups -OCH3 is 1. The van der Waals surface area contributed by atoms with Gasteiger partial charge in [-0.3, -0.25) is 0 Å². The molecule has 0 atom stereocenters. The number of carboxylic acid groups (broad SMARTS) is 1. The highest BCUT2D eigenvalue weighted by Crippen LogP contribution is 2.11. The normalized spacial score (nSPS) is 10.5. The van der Waals surface area contributed by atoms with E-state index in [-0.39, 0.29) is 12.0 Å². The Morgan fingerprint density at radius 3 is 2.26 bits per heavy atom. The molecule has 1 N–H and O–H groups in total. The van der Waals surface area contributed by atoms with Gasteiger partial charge in [0, 0.05) is 11.1 Å². The highest BCUT2D eigenvalue weighted by atomic mass is 28.3. The number of aliphatic carboxylic acids is 1. The van der Waals surface area contributed by atoms with Crippen LogP contribution in [-0.4, -0.2) is 45.1 Å². The van der Waals surface area contributed by atoms with Gasteiger partial charge in [0.15, 0.2) is 0 Å². The number of allylic oxidation sites excluding steroid dienone is 1. The standard InChI is InChI=1S/C12H18O4.H6OSi2/c1-4-5-6-10(11(13)14)8-7-9(2)12(15)16-3;2-1-3/h8H,2,4-7H2,1,3H3,(H,13,14);2-3H3. The Labute approximate surface area is 120 Å². The number of carboxylic acids is 1. The van der Waals surface area contributed by atoms with Gasteiger partial charge in [-0.25, -0.2) is 9.59 Å². The third-order valence-corrected chi connectivity index (χ3v) is 2.14. The van der Waals surface area contributed by atoms with E-state index in [1.165, 1.54) is 13.2 Å². The average molecular weight is 304 g/mol. The third-order valence-electron chi connectivity index (χ3n) is 2.14. The van der Waals surface area contributed by atoms with E-state index in [2.05, 4.69) is 15.4 Å². The largest absolute Gasteiger partial charge is 0.478 e. The van der Waals surface area contributed by atoms with Crippen LogP contribution in [0.4, 0.5) is 0 Å². The van der Waals surface area contributed by atoms with Crippen LogP contribution in [0, 0.1) is 0 Å². The van der Waals surface area contributed by atoms with Crippen molar-refractivity contribution < 1.29 is 23.5 Å². The molecule has 0 unspecified atom stereocenters. The molecule has 0 aromatic heterocycles. The molecule has 0 aromatic carbocycles. The van der Waals surface area contributed by atoms with E-state index in [0.29, 0.717) is 12.0 Å². The molecule has 0 saturated carbocycles. The molecule has 0 spiro atoms. The Balaban J connectivity index is 0. The lowest BCUT2D eigenvalue weighted by Gasteiger charge is -2.03. The first-order valence-corrected chi connectivity index (χ1v) is 7.66. The highest BCUT2D eigenvalue weighted by Gasteiger charge is 2.09. The summed E-state index contributed by atoms with van der Waals surface area (Å²) in [5, 5.41) is 8.89. The monoisotopic (exact) mass is 304 g/mol. The molecule has 0 bridgehead atoms. The fourth-order valence-corrected chi connectivity index (χ4v) is 1.14. The van der Waals surface area contributed by atoms with Crippen LogP contribution in [0.3, 0.4) is 0 Å². The van der Waals surface area contributed by atoms with Crippen LogP contribution >= 0.6 is 0 Å². The third kappa shape index (κ3) is 11.6. The first kappa shape index (κ1) is 20.1. The molecule has 0 rings (SSSR count). The zero-order valence-corrected chi connectivity index (χ0v) is 16.2. The van der Waals surface area contributed by atoms with Crippen molar-refractivity contribution in [1.82, 2.24) is 0 Å². The summed E-state index contributed by atoms with van der Waals surface area (Å²) in [4.78, 5) is 21.9. The number of carbonyl (C=O) groups excluding carboxylic acids is 1. The SMILES string of the molecule is C=C(CC=C(CCCC)C(=O)O)C(=O)OC.[SiH3]O[SiH3]. The smallest absolute Gasteiger partial charge is 0.333 e. The van der Waals surface area contributed by atoms with Crippen molar-refractivity contribution in [2.75, 3.05) is 7.11 Å². The summed E-state index contributed by atoms with van der Waals surface area (Å²) in [6, 6.07) is 0. The fraction of sp³-hybridized carbons (Fsp3) is 0.500. The first-order valence-electron chi connectivity index (χ1n) is 6.03. The van der Waals surface area contributed by atoms with Crippen LogP contribution in [0.1, 0.15) is 32.6 Å². The molecule has 0 aliphatic carbocycles. The molecule has 0 aliphatic heterocycles. The minimum atomic E-state index is -0.939. The predicted octanol–water partition coefficient (Wildman–Crippen LogP) is -0.129. The Morgan fingerprint density at radius 2 is 1.89 bits per heavy atom. The molecule has 0 fully saturated rings. The number of hydrogen-bond acceptors (Lipinski definition) is 4. The quantitative estimate of drug-likeness (QED) is 0.403. The van der Waals surface area contributed by atoms with Crippen LogP contribution in [0.25, 0.3) is 0 Å². The second kappa shape index (κ2) is 13.3. The highest BCUT2D eigenvalue weighted by molar-refractivity contribution is 6.15. The van der Waals surface area contributed by atoms with Crippen molar-refractivity contribution in [3.63, 3.8) is 0 Å². The topological polar surface area (TPSA) is 72.8 Å². The molecule has 5 nitrogen and oxygen atoms in total. The predicted molar refractivity (Wildman–Crippen MR) is 82.0 cm³/mol. The summed E-state index contributed by atoms with van der Waals surface area (Å²) in [5.74, 6) is -1.44. The van der Waals surface area contributed by atoms with Crippen molar-refractivity contribution in [1.29, 1.82) is 0 Å². The van der Waals surface area contributed by atoms with Crippen LogP contribution in [0.5, 0.6) is 0 Å². The molecule has 0 saturated heterocycles. The molecule has 19 heavy (non-hydrogen) atoms. The molecule has 0 radical (unpaired) electrons. The molecular weight excluding hydrogens is 280 g/mol. The number of unbranched alkanes of at least 4 members (excludes halogenated alkanes) is 1. The van der Waals surface area contributed by atoms with Gasteiger partial charge >= 0.3 is 11.9 Å². The number of rotatable bonds is 7. The second-order valence-electron chi connectivity index (χ2n) is 3.85. The Morgan fingerprint density at radius 1 is 1.37 bits per heavy atom. The summed E-state index contributed by atoms with van der Waals surface area (Å²) in [7, 11) is 3.13. The minimum Gasteiger partial charge on any atom is -0.478 e. The minimum absolute atomic E-state index is 0.220. The van der Waals surface area contributed by atoms with E-state index in [1.54, 1.807) is 0 Å². The van der Waals surface area contributed by atoms with Crippen molar-refractivity contribution in [3.05, 3.63) is 23.8 Å². The lowest BCUT2D eigenvalue weighted by atomic mass is 10.1. The molecule has 7 heteroatoms. The van der Waals surface area contributed by atoms with Gasteiger partial charge < -0.3 is 14.0 Å². The Bertz CT molecular complexity index is 326. The number of hydrogen-bond donors (Lipinski definition) is 1. The van der Waals surface area contributed by atoms with Crippen molar-refractivity contribution >= 4 is 32.9 Å². The second-order valence-corrected chi connectivity index (χ2v) is 7.11. The Hall–Kier alpha value is -1.19. The van der Waals surface area contributed by atoms with Gasteiger partial charge in [0.2, 0.25) is 0 Å². The Kier molecular flexibility index (Phi) is 14.0.